The number of fused-ring (bicyclic) bond motifs is 1. The summed E-state index contributed by atoms with van der Waals surface area (Å²) < 4.78 is 25.9. The lowest BCUT2D eigenvalue weighted by atomic mass is 9.87. The lowest BCUT2D eigenvalue weighted by molar-refractivity contribution is -0.136. The smallest absolute Gasteiger partial charge is 0.262 e. The number of imide groups is 2. The number of piperidine rings is 1. The van der Waals surface area contributed by atoms with Crippen molar-refractivity contribution in [2.24, 2.45) is 0 Å². The number of hydrogen-bond acceptors (Lipinski definition) is 6. The fourth-order valence-corrected chi connectivity index (χ4v) is 5.41. The molecule has 9 heteroatoms. The topological polar surface area (TPSA) is 118 Å². The Morgan fingerprint density at radius 3 is 2.18 bits per heavy atom. The van der Waals surface area contributed by atoms with E-state index < -0.39 is 39.5 Å². The molecule has 0 saturated carbocycles. The third-order valence-corrected chi connectivity index (χ3v) is 7.64. The third kappa shape index (κ3) is 4.20. The van der Waals surface area contributed by atoms with Crippen molar-refractivity contribution in [3.63, 3.8) is 0 Å². The summed E-state index contributed by atoms with van der Waals surface area (Å²) in [6, 6.07) is 9.95. The molecule has 2 aromatic rings. The number of benzene rings is 2. The van der Waals surface area contributed by atoms with E-state index in [-0.39, 0.29) is 40.0 Å². The summed E-state index contributed by atoms with van der Waals surface area (Å²) in [7, 11) is -3.68. The molecule has 4 rings (SSSR count). The van der Waals surface area contributed by atoms with E-state index in [4.69, 9.17) is 0 Å². The van der Waals surface area contributed by atoms with Gasteiger partial charge >= 0.3 is 0 Å². The van der Waals surface area contributed by atoms with Crippen LogP contribution in [0, 0.1) is 0 Å². The van der Waals surface area contributed by atoms with Crippen LogP contribution in [-0.4, -0.2) is 43.0 Å². The molecule has 0 bridgehead atoms. The maximum Gasteiger partial charge on any atom is 0.262 e. The van der Waals surface area contributed by atoms with Crippen molar-refractivity contribution in [2.75, 3.05) is 0 Å². The van der Waals surface area contributed by atoms with Crippen LogP contribution < -0.4 is 5.32 Å². The molecule has 1 unspecified atom stereocenters. The molecule has 4 amide bonds. The Morgan fingerprint density at radius 1 is 0.939 bits per heavy atom. The molecule has 2 aliphatic heterocycles. The molecular formula is C24H24N2O6S. The van der Waals surface area contributed by atoms with E-state index in [2.05, 4.69) is 5.32 Å². The van der Waals surface area contributed by atoms with Crippen LogP contribution in [0.3, 0.4) is 0 Å². The predicted molar refractivity (Wildman–Crippen MR) is 119 cm³/mol. The van der Waals surface area contributed by atoms with Gasteiger partial charge in [-0.15, -0.1) is 0 Å². The molecule has 1 N–H and O–H groups in total. The lowest BCUT2D eigenvalue weighted by Crippen LogP contribution is -2.54. The summed E-state index contributed by atoms with van der Waals surface area (Å²) in [4.78, 5) is 50.3. The molecular weight excluding hydrogens is 444 g/mol. The number of nitrogens with one attached hydrogen (secondary N) is 1. The minimum atomic E-state index is -3.68. The predicted octanol–water partition coefficient (Wildman–Crippen LogP) is 2.36. The van der Waals surface area contributed by atoms with Gasteiger partial charge in [0.2, 0.25) is 11.8 Å². The van der Waals surface area contributed by atoms with Gasteiger partial charge in [0, 0.05) is 6.42 Å². The first kappa shape index (κ1) is 22.8. The molecule has 1 saturated heterocycles. The van der Waals surface area contributed by atoms with E-state index in [0.29, 0.717) is 5.56 Å². The van der Waals surface area contributed by atoms with Gasteiger partial charge in [0.1, 0.15) is 6.04 Å². The highest BCUT2D eigenvalue weighted by molar-refractivity contribution is 7.90. The maximum atomic E-state index is 12.9. The van der Waals surface area contributed by atoms with Crippen molar-refractivity contribution < 1.29 is 27.6 Å². The average molecular weight is 469 g/mol. The first-order valence-electron chi connectivity index (χ1n) is 10.6. The second kappa shape index (κ2) is 7.91. The molecule has 0 radical (unpaired) electrons. The van der Waals surface area contributed by atoms with Gasteiger partial charge in [0.05, 0.1) is 21.8 Å². The molecule has 0 aliphatic carbocycles. The molecule has 2 aliphatic rings. The van der Waals surface area contributed by atoms with Crippen LogP contribution in [0.5, 0.6) is 0 Å². The summed E-state index contributed by atoms with van der Waals surface area (Å²) in [5.74, 6) is -2.78. The van der Waals surface area contributed by atoms with Gasteiger partial charge in [-0.3, -0.25) is 29.4 Å². The van der Waals surface area contributed by atoms with Gasteiger partial charge in [-0.1, -0.05) is 39.0 Å². The summed E-state index contributed by atoms with van der Waals surface area (Å²) in [5.41, 5.74) is 1.43. The van der Waals surface area contributed by atoms with Gasteiger partial charge < -0.3 is 0 Å². The van der Waals surface area contributed by atoms with E-state index in [1.165, 1.54) is 18.2 Å². The normalized spacial score (nSPS) is 19.0. The summed E-state index contributed by atoms with van der Waals surface area (Å²) in [6.45, 7) is 6.12. The highest BCUT2D eigenvalue weighted by atomic mass is 32.2. The fraction of sp³-hybridized carbons (Fsp3) is 0.333. The fourth-order valence-electron chi connectivity index (χ4n) is 4.07. The molecule has 0 spiro atoms. The molecule has 0 aromatic heterocycles. The molecule has 33 heavy (non-hydrogen) atoms. The van der Waals surface area contributed by atoms with Gasteiger partial charge in [-0.2, -0.15) is 0 Å². The van der Waals surface area contributed by atoms with Crippen molar-refractivity contribution in [1.29, 1.82) is 0 Å². The highest BCUT2D eigenvalue weighted by Crippen LogP contribution is 2.30. The van der Waals surface area contributed by atoms with E-state index in [1.54, 1.807) is 24.3 Å². The second-order valence-corrected chi connectivity index (χ2v) is 11.4. The SMILES string of the molecule is CC(C)(C)c1ccc(S(=O)(=O)Cc2ccc3c(c2)C(=O)N(C2CCC(=O)NC2=O)C3=O)cc1. The Morgan fingerprint density at radius 2 is 1.58 bits per heavy atom. The second-order valence-electron chi connectivity index (χ2n) is 9.36. The van der Waals surface area contributed by atoms with Crippen LogP contribution >= 0.6 is 0 Å². The van der Waals surface area contributed by atoms with Gasteiger partial charge in [0.25, 0.3) is 11.8 Å². The largest absolute Gasteiger partial charge is 0.295 e. The van der Waals surface area contributed by atoms with Crippen LogP contribution in [0.4, 0.5) is 0 Å². The summed E-state index contributed by atoms with van der Waals surface area (Å²) in [6.07, 6.45) is 0.0865. The van der Waals surface area contributed by atoms with Gasteiger partial charge in [-0.25, -0.2) is 8.42 Å². The summed E-state index contributed by atoms with van der Waals surface area (Å²) in [5, 5.41) is 2.14. The Kier molecular flexibility index (Phi) is 5.48. The molecule has 8 nitrogen and oxygen atoms in total. The minimum Gasteiger partial charge on any atom is -0.295 e. The van der Waals surface area contributed by atoms with Crippen LogP contribution in [0.15, 0.2) is 47.4 Å². The zero-order chi connectivity index (χ0) is 24.1. The molecule has 2 heterocycles. The van der Waals surface area contributed by atoms with Crippen molar-refractivity contribution in [1.82, 2.24) is 10.2 Å². The number of carbonyl (C=O) groups is 4. The number of hydrogen-bond donors (Lipinski definition) is 1. The van der Waals surface area contributed by atoms with Crippen molar-refractivity contribution in [3.8, 4) is 0 Å². The Bertz CT molecular complexity index is 1290. The lowest BCUT2D eigenvalue weighted by Gasteiger charge is -2.27. The number of rotatable bonds is 4. The monoisotopic (exact) mass is 468 g/mol. The molecule has 2 aromatic carbocycles. The van der Waals surface area contributed by atoms with E-state index in [1.807, 2.05) is 20.8 Å². The Hall–Kier alpha value is -3.33. The average Bonchev–Trinajstić information content (AvgIpc) is 2.97. The van der Waals surface area contributed by atoms with Crippen LogP contribution in [0.2, 0.25) is 0 Å². The van der Waals surface area contributed by atoms with Crippen molar-refractivity contribution >= 4 is 33.5 Å². The van der Waals surface area contributed by atoms with Crippen molar-refractivity contribution in [2.45, 2.75) is 55.7 Å². The zero-order valence-corrected chi connectivity index (χ0v) is 19.4. The van der Waals surface area contributed by atoms with Crippen LogP contribution in [-0.2, 0) is 30.6 Å². The number of carbonyl (C=O) groups excluding carboxylic acids is 4. The molecule has 1 atom stereocenters. The van der Waals surface area contributed by atoms with E-state index in [9.17, 15) is 27.6 Å². The van der Waals surface area contributed by atoms with E-state index in [0.717, 1.165) is 10.5 Å². The van der Waals surface area contributed by atoms with Crippen LogP contribution in [0.25, 0.3) is 0 Å². The minimum absolute atomic E-state index is 0.0291. The Balaban J connectivity index is 1.58. The van der Waals surface area contributed by atoms with Gasteiger partial charge in [0.15, 0.2) is 9.84 Å². The number of nitrogens with zero attached hydrogens (tertiary/aromatic N) is 1. The highest BCUT2D eigenvalue weighted by Gasteiger charge is 2.44. The maximum absolute atomic E-state index is 12.9. The van der Waals surface area contributed by atoms with E-state index >= 15 is 0 Å². The zero-order valence-electron chi connectivity index (χ0n) is 18.5. The first-order valence-corrected chi connectivity index (χ1v) is 12.2. The standard InChI is InChI=1S/C24H24N2O6S/c1-24(2,3)15-5-7-16(8-6-15)33(31,32)13-14-4-9-17-18(12-14)23(30)26(22(17)29)19-10-11-20(27)25-21(19)28/h4-9,12,19H,10-11,13H2,1-3H3,(H,25,27,28). The first-order chi connectivity index (χ1) is 15.4. The van der Waals surface area contributed by atoms with Gasteiger partial charge in [-0.05, 0) is 47.2 Å². The molecule has 172 valence electrons. The Labute approximate surface area is 191 Å². The van der Waals surface area contributed by atoms with Crippen LogP contribution in [0.1, 0.15) is 65.5 Å². The molecule has 1 fully saturated rings. The quantitative estimate of drug-likeness (QED) is 0.689. The third-order valence-electron chi connectivity index (χ3n) is 5.94. The van der Waals surface area contributed by atoms with Crippen molar-refractivity contribution in [3.05, 3.63) is 64.7 Å². The number of amides is 4. The number of sulfone groups is 1. The summed E-state index contributed by atoms with van der Waals surface area (Å²) >= 11 is 0.